The summed E-state index contributed by atoms with van der Waals surface area (Å²) in [6.45, 7) is 0. The van der Waals surface area contributed by atoms with Crippen LogP contribution in [-0.2, 0) is 4.74 Å². The maximum absolute atomic E-state index is 12.7. The number of nitro benzene ring substituents is 1. The summed E-state index contributed by atoms with van der Waals surface area (Å²) in [7, 11) is 0. The minimum Gasteiger partial charge on any atom is -0.449 e. The number of nitrogens with zero attached hydrogens (tertiary/aromatic N) is 1. The Morgan fingerprint density at radius 1 is 0.963 bits per heavy atom. The van der Waals surface area contributed by atoms with Crippen molar-refractivity contribution in [2.45, 2.75) is 11.0 Å². The van der Waals surface area contributed by atoms with Crippen molar-refractivity contribution in [1.29, 1.82) is 0 Å². The summed E-state index contributed by atoms with van der Waals surface area (Å²) in [6, 6.07) is 23.2. The van der Waals surface area contributed by atoms with E-state index in [4.69, 9.17) is 4.74 Å². The molecule has 0 N–H and O–H groups in total. The number of esters is 1. The van der Waals surface area contributed by atoms with Gasteiger partial charge in [-0.15, -0.1) is 11.8 Å². The molecule has 0 amide bonds. The van der Waals surface area contributed by atoms with Gasteiger partial charge in [0, 0.05) is 6.07 Å². The Kier molecular flexibility index (Phi) is 5.88. The van der Waals surface area contributed by atoms with Gasteiger partial charge in [0.05, 0.1) is 15.4 Å². The van der Waals surface area contributed by atoms with Gasteiger partial charge >= 0.3 is 5.97 Å². The summed E-state index contributed by atoms with van der Waals surface area (Å²) in [5.74, 6) is -0.608. The summed E-state index contributed by atoms with van der Waals surface area (Å²) in [5, 5.41) is 11.3. The molecule has 3 aromatic carbocycles. The molecule has 3 rings (SSSR count). The molecule has 0 saturated heterocycles. The SMILES string of the molecule is CSc1ccc(C(=O)OC(c2ccccc2)c2ccccc2)cc1[N+](=O)[O-]. The molecule has 0 atom stereocenters. The van der Waals surface area contributed by atoms with Crippen molar-refractivity contribution < 1.29 is 14.5 Å². The highest BCUT2D eigenvalue weighted by Crippen LogP contribution is 2.31. The lowest BCUT2D eigenvalue weighted by molar-refractivity contribution is -0.387. The average molecular weight is 379 g/mol. The molecule has 0 heterocycles. The van der Waals surface area contributed by atoms with Crippen LogP contribution in [0.4, 0.5) is 5.69 Å². The highest BCUT2D eigenvalue weighted by atomic mass is 32.2. The van der Waals surface area contributed by atoms with Crippen LogP contribution in [0.25, 0.3) is 0 Å². The summed E-state index contributed by atoms with van der Waals surface area (Å²) in [6.07, 6.45) is 1.15. The van der Waals surface area contributed by atoms with E-state index in [-0.39, 0.29) is 11.3 Å². The lowest BCUT2D eigenvalue weighted by atomic mass is 10.0. The van der Waals surface area contributed by atoms with Gasteiger partial charge in [0.25, 0.3) is 5.69 Å². The third-order valence-corrected chi connectivity index (χ3v) is 4.83. The first-order valence-electron chi connectivity index (χ1n) is 8.23. The van der Waals surface area contributed by atoms with Crippen molar-refractivity contribution in [2.24, 2.45) is 0 Å². The lowest BCUT2D eigenvalue weighted by Gasteiger charge is -2.19. The van der Waals surface area contributed by atoms with Gasteiger partial charge in [-0.2, -0.15) is 0 Å². The van der Waals surface area contributed by atoms with Crippen LogP contribution in [0, 0.1) is 10.1 Å². The zero-order valence-corrected chi connectivity index (χ0v) is 15.4. The smallest absolute Gasteiger partial charge is 0.339 e. The molecular formula is C21H17NO4S. The largest absolute Gasteiger partial charge is 0.449 e. The van der Waals surface area contributed by atoms with Gasteiger partial charge in [0.2, 0.25) is 0 Å². The van der Waals surface area contributed by atoms with E-state index < -0.39 is 17.0 Å². The van der Waals surface area contributed by atoms with Crippen LogP contribution in [0.15, 0.2) is 83.8 Å². The number of carbonyl (C=O) groups excluding carboxylic acids is 1. The van der Waals surface area contributed by atoms with Crippen molar-refractivity contribution >= 4 is 23.4 Å². The summed E-state index contributed by atoms with van der Waals surface area (Å²) < 4.78 is 5.75. The third-order valence-electron chi connectivity index (χ3n) is 4.04. The van der Waals surface area contributed by atoms with E-state index in [1.807, 2.05) is 60.7 Å². The van der Waals surface area contributed by atoms with E-state index in [9.17, 15) is 14.9 Å². The lowest BCUT2D eigenvalue weighted by Crippen LogP contribution is -2.13. The monoisotopic (exact) mass is 379 g/mol. The van der Waals surface area contributed by atoms with E-state index >= 15 is 0 Å². The van der Waals surface area contributed by atoms with E-state index in [0.717, 1.165) is 11.1 Å². The maximum Gasteiger partial charge on any atom is 0.339 e. The van der Waals surface area contributed by atoms with Gasteiger partial charge < -0.3 is 4.74 Å². The van der Waals surface area contributed by atoms with Crippen molar-refractivity contribution in [2.75, 3.05) is 6.26 Å². The van der Waals surface area contributed by atoms with Gasteiger partial charge in [-0.1, -0.05) is 60.7 Å². The molecule has 0 unspecified atom stereocenters. The number of carbonyl (C=O) groups is 1. The molecule has 0 spiro atoms. The fourth-order valence-electron chi connectivity index (χ4n) is 2.72. The zero-order valence-electron chi connectivity index (χ0n) is 14.6. The van der Waals surface area contributed by atoms with Crippen LogP contribution < -0.4 is 0 Å². The summed E-state index contributed by atoms with van der Waals surface area (Å²) >= 11 is 1.26. The molecule has 5 nitrogen and oxygen atoms in total. The fourth-order valence-corrected chi connectivity index (χ4v) is 3.27. The van der Waals surface area contributed by atoms with E-state index in [2.05, 4.69) is 0 Å². The Bertz CT molecular complexity index is 905. The van der Waals surface area contributed by atoms with Crippen molar-refractivity contribution in [1.82, 2.24) is 0 Å². The third kappa shape index (κ3) is 4.35. The molecule has 0 fully saturated rings. The normalized spacial score (nSPS) is 10.6. The van der Waals surface area contributed by atoms with Crippen LogP contribution in [0.2, 0.25) is 0 Å². The van der Waals surface area contributed by atoms with Crippen LogP contribution >= 0.6 is 11.8 Å². The van der Waals surface area contributed by atoms with Crippen LogP contribution in [0.3, 0.4) is 0 Å². The number of hydrogen-bond acceptors (Lipinski definition) is 5. The number of hydrogen-bond donors (Lipinski definition) is 0. The molecule has 0 saturated carbocycles. The van der Waals surface area contributed by atoms with Crippen molar-refractivity contribution in [3.8, 4) is 0 Å². The van der Waals surface area contributed by atoms with Gasteiger partial charge in [-0.25, -0.2) is 4.79 Å². The Labute approximate surface area is 161 Å². The highest BCUT2D eigenvalue weighted by Gasteiger charge is 2.22. The van der Waals surface area contributed by atoms with E-state index in [0.29, 0.717) is 4.90 Å². The number of benzene rings is 3. The number of thioether (sulfide) groups is 1. The number of nitro groups is 1. The molecular weight excluding hydrogens is 362 g/mol. The summed E-state index contributed by atoms with van der Waals surface area (Å²) in [4.78, 5) is 24.0. The Balaban J connectivity index is 1.94. The molecule has 0 aliphatic heterocycles. The van der Waals surface area contributed by atoms with Gasteiger partial charge in [0.15, 0.2) is 6.10 Å². The van der Waals surface area contributed by atoms with Crippen molar-refractivity contribution in [3.05, 3.63) is 106 Å². The topological polar surface area (TPSA) is 69.4 Å². The molecule has 136 valence electrons. The first-order chi connectivity index (χ1) is 13.1. The minimum absolute atomic E-state index is 0.104. The van der Waals surface area contributed by atoms with E-state index in [1.54, 1.807) is 18.4 Å². The Hall–Kier alpha value is -3.12. The molecule has 3 aromatic rings. The first kappa shape index (κ1) is 18.7. The number of rotatable bonds is 6. The van der Waals surface area contributed by atoms with Gasteiger partial charge in [0.1, 0.15) is 0 Å². The molecule has 0 radical (unpaired) electrons. The zero-order chi connectivity index (χ0) is 19.2. The van der Waals surface area contributed by atoms with Gasteiger partial charge in [-0.05, 0) is 29.5 Å². The second-order valence-corrected chi connectivity index (χ2v) is 6.60. The predicted molar refractivity (Wildman–Crippen MR) is 105 cm³/mol. The maximum atomic E-state index is 12.7. The minimum atomic E-state index is -0.608. The van der Waals surface area contributed by atoms with Crippen LogP contribution in [0.5, 0.6) is 0 Å². The fraction of sp³-hybridized carbons (Fsp3) is 0.0952. The van der Waals surface area contributed by atoms with Gasteiger partial charge in [-0.3, -0.25) is 10.1 Å². The van der Waals surface area contributed by atoms with E-state index in [1.165, 1.54) is 17.8 Å². The van der Waals surface area contributed by atoms with Crippen LogP contribution in [0.1, 0.15) is 27.6 Å². The first-order valence-corrected chi connectivity index (χ1v) is 9.46. The number of ether oxygens (including phenoxy) is 1. The second kappa shape index (κ2) is 8.51. The molecule has 0 aliphatic rings. The Morgan fingerprint density at radius 2 is 1.52 bits per heavy atom. The Morgan fingerprint density at radius 3 is 2.00 bits per heavy atom. The molecule has 0 bridgehead atoms. The average Bonchev–Trinajstić information content (AvgIpc) is 2.72. The highest BCUT2D eigenvalue weighted by molar-refractivity contribution is 7.98. The predicted octanol–water partition coefficient (Wildman–Crippen LogP) is 5.26. The standard InChI is InChI=1S/C21H17NO4S/c1-27-19-13-12-17(14-18(19)22(24)25)21(23)26-20(15-8-4-2-5-9-15)16-10-6-3-7-11-16/h2-14,20H,1H3. The molecule has 27 heavy (non-hydrogen) atoms. The van der Waals surface area contributed by atoms with Crippen LogP contribution in [-0.4, -0.2) is 17.1 Å². The van der Waals surface area contributed by atoms with Crippen molar-refractivity contribution in [3.63, 3.8) is 0 Å². The molecule has 0 aliphatic carbocycles. The molecule has 0 aromatic heterocycles. The summed E-state index contributed by atoms with van der Waals surface area (Å²) in [5.41, 5.74) is 1.70. The quantitative estimate of drug-likeness (QED) is 0.253. The molecule has 6 heteroatoms. The second-order valence-electron chi connectivity index (χ2n) is 5.75.